The number of nitro benzene ring substituents is 1. The number of benzene rings is 2. The molecule has 0 amide bonds. The third-order valence-electron chi connectivity index (χ3n) is 6.31. The average molecular weight is 429 g/mol. The fourth-order valence-corrected chi connectivity index (χ4v) is 4.29. The van der Waals surface area contributed by atoms with Gasteiger partial charge in [0.25, 0.3) is 5.69 Å². The third-order valence-corrected chi connectivity index (χ3v) is 6.31. The van der Waals surface area contributed by atoms with Gasteiger partial charge in [-0.1, -0.05) is 18.2 Å². The summed E-state index contributed by atoms with van der Waals surface area (Å²) < 4.78 is 20.6. The number of piperazine rings is 1. The SMILES string of the molecule is CC1CN(c2cc(F)c(-c3cccc(CN4CCOCC4)c3)cc2[N+](=O)[O-])CCN1C. The normalized spacial score (nSPS) is 20.7. The molecule has 0 saturated carbocycles. The van der Waals surface area contributed by atoms with Gasteiger partial charge in [-0.3, -0.25) is 15.0 Å². The lowest BCUT2D eigenvalue weighted by Gasteiger charge is -2.38. The quantitative estimate of drug-likeness (QED) is 0.538. The largest absolute Gasteiger partial charge is 0.379 e. The average Bonchev–Trinajstić information content (AvgIpc) is 2.76. The number of morpholine rings is 1. The smallest absolute Gasteiger partial charge is 0.293 e. The summed E-state index contributed by atoms with van der Waals surface area (Å²) in [5.41, 5.74) is 2.28. The van der Waals surface area contributed by atoms with Crippen molar-refractivity contribution in [1.82, 2.24) is 9.80 Å². The van der Waals surface area contributed by atoms with Crippen molar-refractivity contribution in [3.8, 4) is 11.1 Å². The fourth-order valence-electron chi connectivity index (χ4n) is 4.29. The number of nitrogens with zero attached hydrogens (tertiary/aromatic N) is 4. The number of halogens is 1. The molecule has 31 heavy (non-hydrogen) atoms. The second-order valence-corrected chi connectivity index (χ2v) is 8.44. The minimum absolute atomic E-state index is 0.0493. The zero-order chi connectivity index (χ0) is 22.0. The Kier molecular flexibility index (Phi) is 6.50. The van der Waals surface area contributed by atoms with Crippen molar-refractivity contribution in [3.63, 3.8) is 0 Å². The number of likely N-dealkylation sites (N-methyl/N-ethyl adjacent to an activating group) is 1. The summed E-state index contributed by atoms with van der Waals surface area (Å²) in [5.74, 6) is -0.435. The molecule has 2 aliphatic rings. The van der Waals surface area contributed by atoms with Crippen LogP contribution in [-0.4, -0.2) is 73.8 Å². The lowest BCUT2D eigenvalue weighted by atomic mass is 10.00. The summed E-state index contributed by atoms with van der Waals surface area (Å²) in [6.07, 6.45) is 0. The molecule has 1 atom stereocenters. The van der Waals surface area contributed by atoms with E-state index in [-0.39, 0.29) is 17.3 Å². The van der Waals surface area contributed by atoms with Gasteiger partial charge in [-0.2, -0.15) is 0 Å². The molecule has 2 aromatic rings. The predicted molar refractivity (Wildman–Crippen MR) is 119 cm³/mol. The van der Waals surface area contributed by atoms with Gasteiger partial charge in [0.2, 0.25) is 0 Å². The first-order valence-corrected chi connectivity index (χ1v) is 10.7. The number of anilines is 1. The van der Waals surface area contributed by atoms with E-state index in [0.717, 1.165) is 31.7 Å². The van der Waals surface area contributed by atoms with E-state index in [0.29, 0.717) is 37.6 Å². The topological polar surface area (TPSA) is 62.1 Å². The summed E-state index contributed by atoms with van der Waals surface area (Å²) in [5, 5.41) is 11.9. The van der Waals surface area contributed by atoms with Crippen molar-refractivity contribution in [2.45, 2.75) is 19.5 Å². The first kappa shape index (κ1) is 21.7. The van der Waals surface area contributed by atoms with Crippen molar-refractivity contribution in [2.24, 2.45) is 0 Å². The van der Waals surface area contributed by atoms with E-state index in [1.54, 1.807) is 0 Å². The highest BCUT2D eigenvalue weighted by molar-refractivity contribution is 5.75. The Balaban J connectivity index is 1.64. The highest BCUT2D eigenvalue weighted by Crippen LogP contribution is 2.36. The maximum atomic E-state index is 15.2. The van der Waals surface area contributed by atoms with E-state index in [1.165, 1.54) is 12.1 Å². The maximum Gasteiger partial charge on any atom is 0.293 e. The molecule has 1 unspecified atom stereocenters. The lowest BCUT2D eigenvalue weighted by Crippen LogP contribution is -2.50. The van der Waals surface area contributed by atoms with Crippen LogP contribution in [0.3, 0.4) is 0 Å². The monoisotopic (exact) mass is 428 g/mol. The molecule has 4 rings (SSSR count). The summed E-state index contributed by atoms with van der Waals surface area (Å²) >= 11 is 0. The number of hydrogen-bond donors (Lipinski definition) is 0. The first-order chi connectivity index (χ1) is 14.9. The molecule has 7 nitrogen and oxygen atoms in total. The van der Waals surface area contributed by atoms with Crippen LogP contribution in [0.25, 0.3) is 11.1 Å². The molecule has 166 valence electrons. The van der Waals surface area contributed by atoms with E-state index >= 15 is 4.39 Å². The minimum atomic E-state index is -0.435. The van der Waals surface area contributed by atoms with Crippen LogP contribution in [0, 0.1) is 15.9 Å². The zero-order valence-corrected chi connectivity index (χ0v) is 18.1. The molecule has 0 aliphatic carbocycles. The van der Waals surface area contributed by atoms with Crippen molar-refractivity contribution in [1.29, 1.82) is 0 Å². The van der Waals surface area contributed by atoms with Crippen molar-refractivity contribution < 1.29 is 14.1 Å². The molecular weight excluding hydrogens is 399 g/mol. The number of rotatable bonds is 5. The first-order valence-electron chi connectivity index (χ1n) is 10.7. The second kappa shape index (κ2) is 9.30. The van der Waals surface area contributed by atoms with E-state index < -0.39 is 10.7 Å². The molecule has 2 aliphatic heterocycles. The molecule has 0 bridgehead atoms. The van der Waals surface area contributed by atoms with Crippen LogP contribution >= 0.6 is 0 Å². The molecule has 0 N–H and O–H groups in total. The summed E-state index contributed by atoms with van der Waals surface area (Å²) in [6.45, 7) is 8.02. The Hall–Kier alpha value is -2.55. The number of nitro groups is 1. The van der Waals surface area contributed by atoms with Crippen LogP contribution in [0.2, 0.25) is 0 Å². The highest BCUT2D eigenvalue weighted by atomic mass is 19.1. The molecule has 2 aromatic carbocycles. The molecule has 2 fully saturated rings. The van der Waals surface area contributed by atoms with Crippen LogP contribution in [0.5, 0.6) is 0 Å². The molecule has 8 heteroatoms. The van der Waals surface area contributed by atoms with E-state index in [2.05, 4.69) is 16.7 Å². The van der Waals surface area contributed by atoms with Crippen LogP contribution in [-0.2, 0) is 11.3 Å². The molecule has 0 aromatic heterocycles. The predicted octanol–water partition coefficient (Wildman–Crippen LogP) is 3.37. The lowest BCUT2D eigenvalue weighted by molar-refractivity contribution is -0.384. The Labute approximate surface area is 182 Å². The third kappa shape index (κ3) is 4.87. The Morgan fingerprint density at radius 2 is 1.94 bits per heavy atom. The second-order valence-electron chi connectivity index (χ2n) is 8.44. The summed E-state index contributed by atoms with van der Waals surface area (Å²) in [4.78, 5) is 17.9. The summed E-state index contributed by atoms with van der Waals surface area (Å²) in [7, 11) is 2.03. The van der Waals surface area contributed by atoms with Gasteiger partial charge in [0.1, 0.15) is 11.5 Å². The van der Waals surface area contributed by atoms with Crippen molar-refractivity contribution in [2.75, 3.05) is 57.9 Å². The van der Waals surface area contributed by atoms with E-state index in [4.69, 9.17) is 4.74 Å². The van der Waals surface area contributed by atoms with Gasteiger partial charge >= 0.3 is 0 Å². The van der Waals surface area contributed by atoms with Gasteiger partial charge in [0.15, 0.2) is 0 Å². The van der Waals surface area contributed by atoms with Crippen molar-refractivity contribution >= 4 is 11.4 Å². The number of hydrogen-bond acceptors (Lipinski definition) is 6. The van der Waals surface area contributed by atoms with Crippen LogP contribution in [0.4, 0.5) is 15.8 Å². The molecule has 0 spiro atoms. The minimum Gasteiger partial charge on any atom is -0.379 e. The fraction of sp³-hybridized carbons (Fsp3) is 0.478. The standard InChI is InChI=1S/C23H29FN4O3/c1-17-15-27(7-6-25(17)2)22-14-21(24)20(13-23(22)28(29)30)19-5-3-4-18(12-19)16-26-8-10-31-11-9-26/h3-5,12-14,17H,6-11,15-16H2,1-2H3. The molecule has 2 heterocycles. The maximum absolute atomic E-state index is 15.2. The highest BCUT2D eigenvalue weighted by Gasteiger charge is 2.28. The van der Waals surface area contributed by atoms with Gasteiger partial charge in [-0.05, 0) is 31.2 Å². The van der Waals surface area contributed by atoms with Crippen molar-refractivity contribution in [3.05, 3.63) is 57.9 Å². The van der Waals surface area contributed by atoms with E-state index in [9.17, 15) is 10.1 Å². The van der Waals surface area contributed by atoms with Crippen LogP contribution < -0.4 is 4.90 Å². The molecular formula is C23H29FN4O3. The van der Waals surface area contributed by atoms with Gasteiger partial charge in [0.05, 0.1) is 18.1 Å². The molecule has 0 radical (unpaired) electrons. The zero-order valence-electron chi connectivity index (χ0n) is 18.1. The molecule has 2 saturated heterocycles. The van der Waals surface area contributed by atoms with Crippen LogP contribution in [0.1, 0.15) is 12.5 Å². The van der Waals surface area contributed by atoms with Gasteiger partial charge in [0, 0.05) is 63.0 Å². The number of ether oxygens (including phenoxy) is 1. The summed E-state index contributed by atoms with van der Waals surface area (Å²) in [6, 6.07) is 10.6. The van der Waals surface area contributed by atoms with Gasteiger partial charge in [-0.15, -0.1) is 0 Å². The Morgan fingerprint density at radius 3 is 2.65 bits per heavy atom. The Morgan fingerprint density at radius 1 is 1.16 bits per heavy atom. The Bertz CT molecular complexity index is 948. The van der Waals surface area contributed by atoms with Crippen LogP contribution in [0.15, 0.2) is 36.4 Å². The van der Waals surface area contributed by atoms with Gasteiger partial charge in [-0.25, -0.2) is 4.39 Å². The van der Waals surface area contributed by atoms with E-state index in [1.807, 2.05) is 36.2 Å². The van der Waals surface area contributed by atoms with Gasteiger partial charge < -0.3 is 14.5 Å².